The van der Waals surface area contributed by atoms with Crippen LogP contribution in [-0.4, -0.2) is 34.6 Å². The second kappa shape index (κ2) is 14.1. The van der Waals surface area contributed by atoms with E-state index in [4.69, 9.17) is 0 Å². The van der Waals surface area contributed by atoms with Crippen LogP contribution in [0.25, 0.3) is 0 Å². The molecule has 0 unspecified atom stereocenters. The van der Waals surface area contributed by atoms with Crippen molar-refractivity contribution in [3.8, 4) is 0 Å². The number of carbonyl (C=O) groups excluding carboxylic acids is 2. The Morgan fingerprint density at radius 1 is 0.914 bits per heavy atom. The van der Waals surface area contributed by atoms with E-state index in [1.807, 2.05) is 86.6 Å². The van der Waals surface area contributed by atoms with Crippen molar-refractivity contribution in [3.05, 3.63) is 106 Å². The van der Waals surface area contributed by atoms with Crippen LogP contribution in [-0.2, 0) is 28.3 Å². The quantitative estimate of drug-likeness (QED) is 0.289. The number of amides is 2. The zero-order valence-corrected chi connectivity index (χ0v) is 22.7. The van der Waals surface area contributed by atoms with Gasteiger partial charge in [0.15, 0.2) is 0 Å². The third kappa shape index (κ3) is 8.86. The standard InChI is InChI=1S/C29H33BrN2O2S/c1-3-22(2)31-29(34)27(18-23-11-6-4-7-12-23)32(19-25-15-10-16-26(30)17-25)28(33)21-35-20-24-13-8-5-9-14-24/h4-17,22,27H,3,18-21H2,1-2H3,(H,31,34)/t22-,27+/m1/s1. The zero-order chi connectivity index (χ0) is 25.0. The number of carbonyl (C=O) groups is 2. The normalized spacial score (nSPS) is 12.5. The molecule has 3 aromatic carbocycles. The summed E-state index contributed by atoms with van der Waals surface area (Å²) < 4.78 is 0.949. The first-order chi connectivity index (χ1) is 17.0. The van der Waals surface area contributed by atoms with Gasteiger partial charge in [-0.15, -0.1) is 11.8 Å². The fraction of sp³-hybridized carbons (Fsp3) is 0.310. The Bertz CT molecular complexity index is 1080. The molecule has 2 amide bonds. The second-order valence-corrected chi connectivity index (χ2v) is 10.6. The highest BCUT2D eigenvalue weighted by atomic mass is 79.9. The summed E-state index contributed by atoms with van der Waals surface area (Å²) in [5.74, 6) is 0.913. The molecule has 3 aromatic rings. The molecule has 0 aliphatic heterocycles. The van der Waals surface area contributed by atoms with Crippen LogP contribution in [0.5, 0.6) is 0 Å². The van der Waals surface area contributed by atoms with Gasteiger partial charge in [-0.2, -0.15) is 0 Å². The number of nitrogens with zero attached hydrogens (tertiary/aromatic N) is 1. The third-order valence-corrected chi connectivity index (χ3v) is 7.33. The first kappa shape index (κ1) is 27.0. The summed E-state index contributed by atoms with van der Waals surface area (Å²) >= 11 is 5.11. The first-order valence-corrected chi connectivity index (χ1v) is 13.9. The van der Waals surface area contributed by atoms with Gasteiger partial charge in [-0.05, 0) is 42.2 Å². The number of thioether (sulfide) groups is 1. The topological polar surface area (TPSA) is 49.4 Å². The van der Waals surface area contributed by atoms with Gasteiger partial charge in [0, 0.05) is 29.2 Å². The fourth-order valence-corrected chi connectivity index (χ4v) is 5.06. The van der Waals surface area contributed by atoms with Crippen LogP contribution in [0.4, 0.5) is 0 Å². The summed E-state index contributed by atoms with van der Waals surface area (Å²) in [5.41, 5.74) is 3.19. The van der Waals surface area contributed by atoms with Crippen molar-refractivity contribution >= 4 is 39.5 Å². The molecule has 6 heteroatoms. The number of rotatable bonds is 12. The van der Waals surface area contributed by atoms with E-state index in [-0.39, 0.29) is 17.9 Å². The Hall–Kier alpha value is -2.57. The fourth-order valence-electron chi connectivity index (χ4n) is 3.74. The Kier molecular flexibility index (Phi) is 10.9. The molecule has 0 aliphatic rings. The maximum Gasteiger partial charge on any atom is 0.243 e. The van der Waals surface area contributed by atoms with Gasteiger partial charge in [0.1, 0.15) is 6.04 Å². The number of hydrogen-bond donors (Lipinski definition) is 1. The molecule has 0 fully saturated rings. The smallest absolute Gasteiger partial charge is 0.243 e. The van der Waals surface area contributed by atoms with Gasteiger partial charge in [0.05, 0.1) is 5.75 Å². The third-order valence-electron chi connectivity index (χ3n) is 5.85. The van der Waals surface area contributed by atoms with Crippen molar-refractivity contribution in [1.82, 2.24) is 10.2 Å². The van der Waals surface area contributed by atoms with Crippen molar-refractivity contribution in [2.45, 2.75) is 51.1 Å². The van der Waals surface area contributed by atoms with Crippen molar-refractivity contribution < 1.29 is 9.59 Å². The van der Waals surface area contributed by atoms with Crippen LogP contribution in [0, 0.1) is 0 Å². The molecule has 0 radical (unpaired) electrons. The molecule has 0 saturated heterocycles. The van der Waals surface area contributed by atoms with E-state index in [1.165, 1.54) is 5.56 Å². The van der Waals surface area contributed by atoms with E-state index in [1.54, 1.807) is 16.7 Å². The molecule has 35 heavy (non-hydrogen) atoms. The van der Waals surface area contributed by atoms with E-state index < -0.39 is 6.04 Å². The summed E-state index contributed by atoms with van der Waals surface area (Å²) in [6, 6.07) is 27.4. The molecule has 184 valence electrons. The summed E-state index contributed by atoms with van der Waals surface area (Å²) in [4.78, 5) is 28.9. The van der Waals surface area contributed by atoms with Crippen molar-refractivity contribution in [2.75, 3.05) is 5.75 Å². The lowest BCUT2D eigenvalue weighted by Gasteiger charge is -2.32. The van der Waals surface area contributed by atoms with Gasteiger partial charge >= 0.3 is 0 Å². The van der Waals surface area contributed by atoms with E-state index in [2.05, 4.69) is 33.4 Å². The van der Waals surface area contributed by atoms with Gasteiger partial charge in [-0.25, -0.2) is 0 Å². The monoisotopic (exact) mass is 552 g/mol. The molecule has 0 aromatic heterocycles. The van der Waals surface area contributed by atoms with Crippen LogP contribution >= 0.6 is 27.7 Å². The van der Waals surface area contributed by atoms with E-state index >= 15 is 0 Å². The molecule has 4 nitrogen and oxygen atoms in total. The van der Waals surface area contributed by atoms with Gasteiger partial charge in [-0.3, -0.25) is 9.59 Å². The van der Waals surface area contributed by atoms with Gasteiger partial charge < -0.3 is 10.2 Å². The average Bonchev–Trinajstić information content (AvgIpc) is 2.87. The molecule has 0 bridgehead atoms. The highest BCUT2D eigenvalue weighted by Crippen LogP contribution is 2.20. The molecule has 1 N–H and O–H groups in total. The largest absolute Gasteiger partial charge is 0.352 e. The minimum atomic E-state index is -0.602. The van der Waals surface area contributed by atoms with Crippen molar-refractivity contribution in [1.29, 1.82) is 0 Å². The SMILES string of the molecule is CC[C@@H](C)NC(=O)[C@H](Cc1ccccc1)N(Cc1cccc(Br)c1)C(=O)CSCc1ccccc1. The summed E-state index contributed by atoms with van der Waals surface area (Å²) in [5, 5.41) is 3.12. The van der Waals surface area contributed by atoms with E-state index in [0.717, 1.165) is 27.8 Å². The highest BCUT2D eigenvalue weighted by Gasteiger charge is 2.30. The van der Waals surface area contributed by atoms with Gasteiger partial charge in [0.2, 0.25) is 11.8 Å². The van der Waals surface area contributed by atoms with Crippen LogP contribution in [0.15, 0.2) is 89.4 Å². The summed E-state index contributed by atoms with van der Waals surface area (Å²) in [6.45, 7) is 4.41. The molecule has 0 aliphatic carbocycles. The Morgan fingerprint density at radius 3 is 2.17 bits per heavy atom. The van der Waals surface area contributed by atoms with Crippen molar-refractivity contribution in [3.63, 3.8) is 0 Å². The van der Waals surface area contributed by atoms with Crippen LogP contribution in [0.3, 0.4) is 0 Å². The van der Waals surface area contributed by atoms with E-state index in [9.17, 15) is 9.59 Å². The molecule has 0 spiro atoms. The number of halogens is 1. The lowest BCUT2D eigenvalue weighted by atomic mass is 10.0. The number of benzene rings is 3. The van der Waals surface area contributed by atoms with Gasteiger partial charge in [-0.1, -0.05) is 95.7 Å². The number of nitrogens with one attached hydrogen (secondary N) is 1. The lowest BCUT2D eigenvalue weighted by Crippen LogP contribution is -2.52. The molecule has 2 atom stereocenters. The molecule has 0 saturated carbocycles. The van der Waals surface area contributed by atoms with Gasteiger partial charge in [0.25, 0.3) is 0 Å². The van der Waals surface area contributed by atoms with E-state index in [0.29, 0.717) is 18.7 Å². The van der Waals surface area contributed by atoms with Crippen LogP contribution in [0.2, 0.25) is 0 Å². The first-order valence-electron chi connectivity index (χ1n) is 12.0. The second-order valence-electron chi connectivity index (χ2n) is 8.65. The predicted octanol–water partition coefficient (Wildman–Crippen LogP) is 6.24. The average molecular weight is 554 g/mol. The zero-order valence-electron chi connectivity index (χ0n) is 20.3. The molecular formula is C29H33BrN2O2S. The minimum Gasteiger partial charge on any atom is -0.352 e. The minimum absolute atomic E-state index is 0.0360. The number of hydrogen-bond acceptors (Lipinski definition) is 3. The Labute approximate surface area is 221 Å². The highest BCUT2D eigenvalue weighted by molar-refractivity contribution is 9.10. The summed E-state index contributed by atoms with van der Waals surface area (Å²) in [6.07, 6.45) is 1.29. The summed E-state index contributed by atoms with van der Waals surface area (Å²) in [7, 11) is 0. The lowest BCUT2D eigenvalue weighted by molar-refractivity contribution is -0.139. The Morgan fingerprint density at radius 2 is 1.54 bits per heavy atom. The van der Waals surface area contributed by atoms with Crippen molar-refractivity contribution in [2.24, 2.45) is 0 Å². The maximum atomic E-state index is 13.6. The van der Waals surface area contributed by atoms with Crippen LogP contribution < -0.4 is 5.32 Å². The molecule has 3 rings (SSSR count). The molecule has 0 heterocycles. The Balaban J connectivity index is 1.86. The maximum absolute atomic E-state index is 13.6. The predicted molar refractivity (Wildman–Crippen MR) is 149 cm³/mol. The molecular weight excluding hydrogens is 520 g/mol. The van der Waals surface area contributed by atoms with Crippen LogP contribution in [0.1, 0.15) is 37.0 Å².